The molecule has 0 spiro atoms. The van der Waals surface area contributed by atoms with Crippen LogP contribution in [0.3, 0.4) is 0 Å². The van der Waals surface area contributed by atoms with Gasteiger partial charge in [-0.15, -0.1) is 0 Å². The van der Waals surface area contributed by atoms with Crippen molar-refractivity contribution in [3.63, 3.8) is 0 Å². The average molecular weight is 442 g/mol. The third-order valence-electron chi connectivity index (χ3n) is 6.20. The minimum absolute atomic E-state index is 0.00459. The summed E-state index contributed by atoms with van der Waals surface area (Å²) >= 11 is 1.52. The van der Waals surface area contributed by atoms with Gasteiger partial charge in [0.1, 0.15) is 11.6 Å². The predicted molar refractivity (Wildman–Crippen MR) is 123 cm³/mol. The fraction of sp³-hybridized carbons (Fsp3) is 0.154. The highest BCUT2D eigenvalue weighted by Gasteiger charge is 2.42. The van der Waals surface area contributed by atoms with E-state index >= 15 is 0 Å². The molecule has 32 heavy (non-hydrogen) atoms. The van der Waals surface area contributed by atoms with E-state index in [0.29, 0.717) is 29.7 Å². The molecule has 2 aliphatic rings. The summed E-state index contributed by atoms with van der Waals surface area (Å²) in [5.74, 6) is -0.535. The number of nitriles is 1. The Balaban J connectivity index is 1.71. The molecule has 0 saturated carbocycles. The smallest absolute Gasteiger partial charge is 0.162 e. The van der Waals surface area contributed by atoms with Gasteiger partial charge in [-0.1, -0.05) is 30.3 Å². The fourth-order valence-corrected chi connectivity index (χ4v) is 5.43. The van der Waals surface area contributed by atoms with Gasteiger partial charge >= 0.3 is 0 Å². The molecule has 2 aromatic carbocycles. The molecule has 0 fully saturated rings. The minimum Gasteiger partial charge on any atom is -0.384 e. The molecule has 0 radical (unpaired) electrons. The summed E-state index contributed by atoms with van der Waals surface area (Å²) in [6.45, 7) is 0. The number of carbonyl (C=O) groups is 1. The highest BCUT2D eigenvalue weighted by atomic mass is 32.1. The molecule has 6 heteroatoms. The average Bonchev–Trinajstić information content (AvgIpc) is 3.34. The van der Waals surface area contributed by atoms with Crippen molar-refractivity contribution in [2.24, 2.45) is 5.73 Å². The van der Waals surface area contributed by atoms with E-state index in [2.05, 4.69) is 6.07 Å². The number of nitrogens with zero attached hydrogens (tertiary/aromatic N) is 2. The Labute approximate surface area is 189 Å². The number of benzene rings is 2. The first-order valence-corrected chi connectivity index (χ1v) is 11.3. The summed E-state index contributed by atoms with van der Waals surface area (Å²) < 4.78 is 13.6. The first-order valence-electron chi connectivity index (χ1n) is 10.4. The zero-order valence-electron chi connectivity index (χ0n) is 17.2. The molecular formula is C26H20FN3OS. The van der Waals surface area contributed by atoms with E-state index in [0.717, 1.165) is 16.8 Å². The molecule has 5 rings (SSSR count). The number of halogens is 1. The Morgan fingerprint density at radius 3 is 2.44 bits per heavy atom. The van der Waals surface area contributed by atoms with E-state index in [1.165, 1.54) is 23.5 Å². The standard InChI is InChI=1S/C26H20FN3OS/c27-19-6-8-20(9-7-19)30-22-12-18(16-4-2-1-3-5-16)13-23(31)25(22)24(17-10-11-32-15-17)21(14-28)26(30)29/h1-11,15,18,24H,12-13,29H2/t18-,24-/m1/s1. The Hall–Kier alpha value is -3.69. The van der Waals surface area contributed by atoms with Crippen LogP contribution >= 0.6 is 11.3 Å². The number of nitrogens with two attached hydrogens (primary N) is 1. The zero-order chi connectivity index (χ0) is 22.2. The lowest BCUT2D eigenvalue weighted by Crippen LogP contribution is -2.40. The number of hydrogen-bond donors (Lipinski definition) is 1. The SMILES string of the molecule is N#CC1=C(N)N(c2ccc(F)cc2)C2=C(C(=O)C[C@H](c3ccccc3)C2)[C@@H]1c1ccsc1. The van der Waals surface area contributed by atoms with Crippen molar-refractivity contribution in [1.82, 2.24) is 0 Å². The van der Waals surface area contributed by atoms with Crippen LogP contribution < -0.4 is 10.6 Å². The van der Waals surface area contributed by atoms with E-state index in [9.17, 15) is 14.4 Å². The summed E-state index contributed by atoms with van der Waals surface area (Å²) in [6, 6.07) is 20.1. The third-order valence-corrected chi connectivity index (χ3v) is 6.90. The summed E-state index contributed by atoms with van der Waals surface area (Å²) in [5.41, 5.74) is 11.0. The maximum atomic E-state index is 13.6. The molecule has 2 N–H and O–H groups in total. The molecule has 0 amide bonds. The first-order chi connectivity index (χ1) is 15.6. The molecule has 0 saturated heterocycles. The van der Waals surface area contributed by atoms with Gasteiger partial charge in [0, 0.05) is 23.4 Å². The van der Waals surface area contributed by atoms with Crippen molar-refractivity contribution < 1.29 is 9.18 Å². The quantitative estimate of drug-likeness (QED) is 0.576. The molecule has 1 aliphatic heterocycles. The zero-order valence-corrected chi connectivity index (χ0v) is 18.0. The molecule has 0 unspecified atom stereocenters. The van der Waals surface area contributed by atoms with Gasteiger partial charge in [0.25, 0.3) is 0 Å². The van der Waals surface area contributed by atoms with Crippen molar-refractivity contribution in [2.45, 2.75) is 24.7 Å². The maximum Gasteiger partial charge on any atom is 0.162 e. The molecule has 158 valence electrons. The van der Waals surface area contributed by atoms with Crippen LogP contribution in [-0.4, -0.2) is 5.78 Å². The number of thiophene rings is 1. The highest BCUT2D eigenvalue weighted by Crippen LogP contribution is 2.49. The molecule has 3 aromatic rings. The predicted octanol–water partition coefficient (Wildman–Crippen LogP) is 5.59. The molecule has 0 bridgehead atoms. The van der Waals surface area contributed by atoms with Crippen molar-refractivity contribution in [3.05, 3.63) is 111 Å². The second-order valence-electron chi connectivity index (χ2n) is 8.01. The Bertz CT molecular complexity index is 1270. The lowest BCUT2D eigenvalue weighted by atomic mass is 9.72. The number of Topliss-reactive ketones (excluding diaryl/α,β-unsaturated/α-hetero) is 1. The topological polar surface area (TPSA) is 70.1 Å². The number of hydrogen-bond acceptors (Lipinski definition) is 5. The Morgan fingerprint density at radius 1 is 1.03 bits per heavy atom. The number of rotatable bonds is 3. The molecular weight excluding hydrogens is 421 g/mol. The Morgan fingerprint density at radius 2 is 1.78 bits per heavy atom. The van der Waals surface area contributed by atoms with Crippen LogP contribution in [0.4, 0.5) is 10.1 Å². The van der Waals surface area contributed by atoms with Crippen LogP contribution in [0, 0.1) is 17.1 Å². The van der Waals surface area contributed by atoms with E-state index in [1.807, 2.05) is 47.2 Å². The van der Waals surface area contributed by atoms with Gasteiger partial charge in [0.2, 0.25) is 0 Å². The number of anilines is 1. The second kappa shape index (κ2) is 8.10. The number of carbonyl (C=O) groups excluding carboxylic acids is 1. The highest BCUT2D eigenvalue weighted by molar-refractivity contribution is 7.08. The van der Waals surface area contributed by atoms with E-state index in [1.54, 1.807) is 17.0 Å². The van der Waals surface area contributed by atoms with Crippen LogP contribution in [-0.2, 0) is 4.79 Å². The number of allylic oxidation sites excluding steroid dienone is 3. The fourth-order valence-electron chi connectivity index (χ4n) is 4.75. The van der Waals surface area contributed by atoms with E-state index in [-0.39, 0.29) is 23.3 Å². The minimum atomic E-state index is -0.484. The largest absolute Gasteiger partial charge is 0.384 e. The van der Waals surface area contributed by atoms with Gasteiger partial charge in [-0.25, -0.2) is 4.39 Å². The second-order valence-corrected chi connectivity index (χ2v) is 8.79. The molecule has 1 aliphatic carbocycles. The summed E-state index contributed by atoms with van der Waals surface area (Å²) in [4.78, 5) is 15.4. The molecule has 4 nitrogen and oxygen atoms in total. The van der Waals surface area contributed by atoms with Crippen LogP contribution in [0.15, 0.2) is 94.1 Å². The van der Waals surface area contributed by atoms with Gasteiger partial charge in [0.15, 0.2) is 5.78 Å². The normalized spacial score (nSPS) is 20.9. The number of ketones is 1. The van der Waals surface area contributed by atoms with Gasteiger partial charge in [0.05, 0.1) is 17.6 Å². The van der Waals surface area contributed by atoms with Gasteiger partial charge in [-0.2, -0.15) is 16.6 Å². The van der Waals surface area contributed by atoms with Crippen LogP contribution in [0.1, 0.15) is 35.8 Å². The van der Waals surface area contributed by atoms with Crippen molar-refractivity contribution >= 4 is 22.8 Å². The van der Waals surface area contributed by atoms with Gasteiger partial charge in [-0.3, -0.25) is 9.69 Å². The van der Waals surface area contributed by atoms with Crippen molar-refractivity contribution in [1.29, 1.82) is 5.26 Å². The Kier molecular flexibility index (Phi) is 5.12. The molecule has 1 aromatic heterocycles. The maximum absolute atomic E-state index is 13.6. The van der Waals surface area contributed by atoms with Gasteiger partial charge < -0.3 is 5.73 Å². The molecule has 2 atom stereocenters. The third kappa shape index (κ3) is 3.31. The van der Waals surface area contributed by atoms with Crippen molar-refractivity contribution in [3.8, 4) is 6.07 Å². The summed E-state index contributed by atoms with van der Waals surface area (Å²) in [5, 5.41) is 13.9. The summed E-state index contributed by atoms with van der Waals surface area (Å²) in [6.07, 6.45) is 0.974. The van der Waals surface area contributed by atoms with Crippen LogP contribution in [0.25, 0.3) is 0 Å². The monoisotopic (exact) mass is 441 g/mol. The van der Waals surface area contributed by atoms with Gasteiger partial charge in [-0.05, 0) is 64.6 Å². The lowest BCUT2D eigenvalue weighted by molar-refractivity contribution is -0.116. The summed E-state index contributed by atoms with van der Waals surface area (Å²) in [7, 11) is 0. The van der Waals surface area contributed by atoms with Crippen LogP contribution in [0.2, 0.25) is 0 Å². The van der Waals surface area contributed by atoms with Crippen molar-refractivity contribution in [2.75, 3.05) is 4.90 Å². The van der Waals surface area contributed by atoms with E-state index in [4.69, 9.17) is 5.73 Å². The molecule has 2 heterocycles. The lowest BCUT2D eigenvalue weighted by Gasteiger charge is -2.41. The first kappa shape index (κ1) is 20.2. The van der Waals surface area contributed by atoms with Crippen LogP contribution in [0.5, 0.6) is 0 Å². The van der Waals surface area contributed by atoms with E-state index < -0.39 is 5.92 Å².